The summed E-state index contributed by atoms with van der Waals surface area (Å²) < 4.78 is 53.1. The van der Waals surface area contributed by atoms with Crippen LogP contribution in [0.5, 0.6) is 0 Å². The fraction of sp³-hybridized carbons (Fsp3) is 0.476. The van der Waals surface area contributed by atoms with Crippen LogP contribution in [-0.4, -0.2) is 52.5 Å². The Kier molecular flexibility index (Phi) is 6.52. The van der Waals surface area contributed by atoms with Gasteiger partial charge in [-0.2, -0.15) is 0 Å². The van der Waals surface area contributed by atoms with Crippen molar-refractivity contribution in [3.05, 3.63) is 46.8 Å². The lowest BCUT2D eigenvalue weighted by atomic mass is 10.1. The number of hydrogen-bond acceptors (Lipinski definition) is 6. The van der Waals surface area contributed by atoms with Crippen molar-refractivity contribution in [2.45, 2.75) is 53.7 Å². The number of piperidine rings is 1. The van der Waals surface area contributed by atoms with Gasteiger partial charge >= 0.3 is 0 Å². The molecule has 1 saturated heterocycles. The number of amides is 1. The van der Waals surface area contributed by atoms with E-state index in [9.17, 15) is 21.6 Å². The summed E-state index contributed by atoms with van der Waals surface area (Å²) in [6.45, 7) is 0.824. The van der Waals surface area contributed by atoms with Crippen molar-refractivity contribution in [2.24, 2.45) is 0 Å². The second-order valence-corrected chi connectivity index (χ2v) is 13.1. The molecule has 0 bridgehead atoms. The summed E-state index contributed by atoms with van der Waals surface area (Å²) in [7, 11) is -7.05. The van der Waals surface area contributed by atoms with Gasteiger partial charge in [0.15, 0.2) is 9.84 Å². The molecule has 31 heavy (non-hydrogen) atoms. The van der Waals surface area contributed by atoms with Gasteiger partial charge in [0.05, 0.1) is 10.6 Å². The summed E-state index contributed by atoms with van der Waals surface area (Å²) in [5.74, 6) is -0.417. The first-order valence-electron chi connectivity index (χ1n) is 10.4. The van der Waals surface area contributed by atoms with E-state index in [0.717, 1.165) is 24.8 Å². The summed E-state index contributed by atoms with van der Waals surface area (Å²) in [5, 5.41) is 1.71. The number of fused-ring (bicyclic) bond motifs is 1. The third kappa shape index (κ3) is 5.19. The van der Waals surface area contributed by atoms with Gasteiger partial charge in [0.1, 0.15) is 4.21 Å². The second kappa shape index (κ2) is 9.01. The molecule has 1 amide bonds. The maximum Gasteiger partial charge on any atom is 0.250 e. The monoisotopic (exact) mass is 482 g/mol. The number of hydrogen-bond donors (Lipinski definition) is 1. The Bertz CT molecular complexity index is 1150. The first-order chi connectivity index (χ1) is 14.7. The van der Waals surface area contributed by atoms with Crippen LogP contribution in [0.15, 0.2) is 44.8 Å². The van der Waals surface area contributed by atoms with Crippen LogP contribution < -0.4 is 4.72 Å². The molecule has 2 aromatic rings. The number of nitrogens with zero attached hydrogens (tertiary/aromatic N) is 1. The highest BCUT2D eigenvalue weighted by Crippen LogP contribution is 2.26. The number of thiophene rings is 1. The Morgan fingerprint density at radius 2 is 1.81 bits per heavy atom. The minimum absolute atomic E-state index is 0.0645. The Labute approximate surface area is 187 Å². The number of likely N-dealkylation sites (tertiary alicyclic amines) is 1. The topological polar surface area (TPSA) is 101 Å². The van der Waals surface area contributed by atoms with Crippen LogP contribution in [0.1, 0.15) is 36.8 Å². The molecule has 0 saturated carbocycles. The molecule has 1 aliphatic heterocycles. The quantitative estimate of drug-likeness (QED) is 0.653. The van der Waals surface area contributed by atoms with Crippen LogP contribution in [0.2, 0.25) is 0 Å². The predicted molar refractivity (Wildman–Crippen MR) is 119 cm³/mol. The van der Waals surface area contributed by atoms with Crippen LogP contribution in [0, 0.1) is 0 Å². The van der Waals surface area contributed by atoms with Crippen LogP contribution in [0.3, 0.4) is 0 Å². The Morgan fingerprint density at radius 1 is 1.06 bits per heavy atom. The fourth-order valence-electron chi connectivity index (χ4n) is 4.18. The SMILES string of the molecule is O=C(CCS(=O)(=O)c1ccc2c(c1)CCC2)N1CCC(NS(=O)(=O)c2cccs2)CC1. The first kappa shape index (κ1) is 22.4. The highest BCUT2D eigenvalue weighted by molar-refractivity contribution is 7.91. The van der Waals surface area contributed by atoms with Gasteiger partial charge in [0.2, 0.25) is 15.9 Å². The van der Waals surface area contributed by atoms with Crippen molar-refractivity contribution in [1.82, 2.24) is 9.62 Å². The summed E-state index contributed by atoms with van der Waals surface area (Å²) in [6.07, 6.45) is 3.90. The second-order valence-electron chi connectivity index (χ2n) is 8.06. The molecular weight excluding hydrogens is 456 g/mol. The van der Waals surface area contributed by atoms with Crippen molar-refractivity contribution in [3.63, 3.8) is 0 Å². The van der Waals surface area contributed by atoms with Gasteiger partial charge < -0.3 is 4.90 Å². The zero-order valence-electron chi connectivity index (χ0n) is 17.1. The minimum atomic E-state index is -3.53. The van der Waals surface area contributed by atoms with Gasteiger partial charge in [-0.05, 0) is 66.8 Å². The van der Waals surface area contributed by atoms with Crippen molar-refractivity contribution in [1.29, 1.82) is 0 Å². The van der Waals surface area contributed by atoms with Crippen LogP contribution in [0.4, 0.5) is 0 Å². The van der Waals surface area contributed by atoms with E-state index in [2.05, 4.69) is 4.72 Å². The molecule has 1 aromatic carbocycles. The van der Waals surface area contributed by atoms with E-state index < -0.39 is 19.9 Å². The maximum absolute atomic E-state index is 12.7. The number of sulfonamides is 1. The summed E-state index contributed by atoms with van der Waals surface area (Å²) >= 11 is 1.17. The minimum Gasteiger partial charge on any atom is -0.343 e. The number of rotatable bonds is 7. The highest BCUT2D eigenvalue weighted by atomic mass is 32.2. The van der Waals surface area contributed by atoms with E-state index >= 15 is 0 Å². The Balaban J connectivity index is 1.28. The first-order valence-corrected chi connectivity index (χ1v) is 14.4. The van der Waals surface area contributed by atoms with Gasteiger partial charge in [0, 0.05) is 25.6 Å². The van der Waals surface area contributed by atoms with Crippen molar-refractivity contribution >= 4 is 37.1 Å². The molecule has 2 aliphatic rings. The summed E-state index contributed by atoms with van der Waals surface area (Å²) in [4.78, 5) is 14.5. The average molecular weight is 483 g/mol. The maximum atomic E-state index is 12.7. The molecule has 10 heteroatoms. The van der Waals surface area contributed by atoms with Gasteiger partial charge in [0.25, 0.3) is 0 Å². The molecule has 168 valence electrons. The number of aryl methyl sites for hydroxylation is 2. The third-order valence-electron chi connectivity index (χ3n) is 5.94. The van der Waals surface area contributed by atoms with Crippen molar-refractivity contribution < 1.29 is 21.6 Å². The van der Waals surface area contributed by atoms with Crippen molar-refractivity contribution in [2.75, 3.05) is 18.8 Å². The Hall–Kier alpha value is -1.75. The van der Waals surface area contributed by atoms with E-state index in [1.165, 1.54) is 16.9 Å². The molecule has 7 nitrogen and oxygen atoms in total. The fourth-order valence-corrected chi connectivity index (χ4v) is 7.77. The largest absolute Gasteiger partial charge is 0.343 e. The van der Waals surface area contributed by atoms with Gasteiger partial charge in [-0.25, -0.2) is 21.6 Å². The van der Waals surface area contributed by atoms with Gasteiger partial charge in [-0.1, -0.05) is 12.1 Å². The molecule has 0 atom stereocenters. The normalized spacial score (nSPS) is 17.6. The average Bonchev–Trinajstić information content (AvgIpc) is 3.44. The lowest BCUT2D eigenvalue weighted by molar-refractivity contribution is -0.131. The van der Waals surface area contributed by atoms with E-state index in [1.54, 1.807) is 34.5 Å². The van der Waals surface area contributed by atoms with Gasteiger partial charge in [-0.3, -0.25) is 4.79 Å². The van der Waals surface area contributed by atoms with Crippen molar-refractivity contribution in [3.8, 4) is 0 Å². The Morgan fingerprint density at radius 3 is 2.52 bits per heavy atom. The zero-order valence-corrected chi connectivity index (χ0v) is 19.6. The van der Waals surface area contributed by atoms with Gasteiger partial charge in [-0.15, -0.1) is 11.3 Å². The molecule has 4 rings (SSSR count). The molecule has 1 fully saturated rings. The molecule has 1 aromatic heterocycles. The van der Waals surface area contributed by atoms with E-state index in [0.29, 0.717) is 30.8 Å². The lowest BCUT2D eigenvalue weighted by Gasteiger charge is -2.32. The predicted octanol–water partition coefficient (Wildman–Crippen LogP) is 2.37. The lowest BCUT2D eigenvalue weighted by Crippen LogP contribution is -2.46. The van der Waals surface area contributed by atoms with E-state index in [4.69, 9.17) is 0 Å². The summed E-state index contributed by atoms with van der Waals surface area (Å²) in [6, 6.07) is 8.32. The number of sulfone groups is 1. The molecule has 1 N–H and O–H groups in total. The number of carbonyl (C=O) groups excluding carboxylic acids is 1. The molecule has 0 spiro atoms. The third-order valence-corrected chi connectivity index (χ3v) is 10.6. The van der Waals surface area contributed by atoms with E-state index in [1.807, 2.05) is 6.07 Å². The molecular formula is C21H26N2O5S3. The molecule has 0 unspecified atom stereocenters. The van der Waals surface area contributed by atoms with Crippen LogP contribution in [-0.2, 0) is 37.5 Å². The van der Waals surface area contributed by atoms with Crippen LogP contribution in [0.25, 0.3) is 0 Å². The number of carbonyl (C=O) groups is 1. The summed E-state index contributed by atoms with van der Waals surface area (Å²) in [5.41, 5.74) is 2.31. The number of nitrogens with one attached hydrogen (secondary N) is 1. The highest BCUT2D eigenvalue weighted by Gasteiger charge is 2.28. The molecule has 0 radical (unpaired) electrons. The van der Waals surface area contributed by atoms with Crippen LogP contribution >= 0.6 is 11.3 Å². The molecule has 2 heterocycles. The van der Waals surface area contributed by atoms with E-state index in [-0.39, 0.29) is 28.3 Å². The zero-order chi connectivity index (χ0) is 22.1. The standard InChI is InChI=1S/C21H26N2O5S3/c24-20(10-14-30(25,26)19-7-6-16-3-1-4-17(16)15-19)23-11-8-18(9-12-23)22-31(27,28)21-5-2-13-29-21/h2,5-7,13,15,18,22H,1,3-4,8-12,14H2. The smallest absolute Gasteiger partial charge is 0.250 e. The molecule has 1 aliphatic carbocycles. The number of benzene rings is 1.